The molecule has 1 atom stereocenters. The summed E-state index contributed by atoms with van der Waals surface area (Å²) in [5, 5.41) is 3.77. The summed E-state index contributed by atoms with van der Waals surface area (Å²) in [5.41, 5.74) is 4.75. The van der Waals surface area contributed by atoms with Gasteiger partial charge in [0.15, 0.2) is 0 Å². The Hall–Kier alpha value is -3.43. The standard InChI is InChI=1S/C29H28FN3O3S2/c1-18(37-38-22-6-4-3-5-7-22)17-36-29(35)33(2)16-19-8-10-20(11-9-19)27-23-12-13-31-28(34)24-14-21(30)15-25(32-27)26(23)24/h3-11,14-15,18,32H,12-13,16-17H2,1-2H3,(H,31,34). The number of nitrogens with zero attached hydrogens (tertiary/aromatic N) is 1. The van der Waals surface area contributed by atoms with Crippen molar-refractivity contribution < 1.29 is 18.7 Å². The van der Waals surface area contributed by atoms with E-state index in [2.05, 4.69) is 22.4 Å². The minimum absolute atomic E-state index is 0.151. The molecule has 4 aromatic rings. The fourth-order valence-electron chi connectivity index (χ4n) is 4.49. The zero-order chi connectivity index (χ0) is 26.6. The predicted octanol–water partition coefficient (Wildman–Crippen LogP) is 6.66. The molecule has 5 rings (SSSR count). The van der Waals surface area contributed by atoms with Crippen molar-refractivity contribution >= 4 is 44.5 Å². The first-order valence-electron chi connectivity index (χ1n) is 12.4. The van der Waals surface area contributed by atoms with E-state index >= 15 is 0 Å². The van der Waals surface area contributed by atoms with E-state index in [4.69, 9.17) is 4.74 Å². The highest BCUT2D eigenvalue weighted by atomic mass is 33.1. The number of halogens is 1. The van der Waals surface area contributed by atoms with Crippen molar-refractivity contribution in [3.8, 4) is 11.3 Å². The van der Waals surface area contributed by atoms with E-state index in [1.807, 2.05) is 49.4 Å². The third-order valence-corrected chi connectivity index (χ3v) is 9.22. The number of H-pyrrole nitrogens is 1. The van der Waals surface area contributed by atoms with E-state index in [0.717, 1.165) is 27.8 Å². The summed E-state index contributed by atoms with van der Waals surface area (Å²) in [7, 11) is 5.06. The van der Waals surface area contributed by atoms with Crippen LogP contribution in [0.3, 0.4) is 0 Å². The van der Waals surface area contributed by atoms with Gasteiger partial charge in [-0.25, -0.2) is 9.18 Å². The Morgan fingerprint density at radius 2 is 1.89 bits per heavy atom. The number of rotatable bonds is 8. The van der Waals surface area contributed by atoms with Crippen molar-refractivity contribution in [1.29, 1.82) is 0 Å². The highest BCUT2D eigenvalue weighted by molar-refractivity contribution is 8.76. The van der Waals surface area contributed by atoms with E-state index in [1.165, 1.54) is 17.0 Å². The molecule has 0 radical (unpaired) electrons. The Kier molecular flexibility index (Phi) is 7.95. The average molecular weight is 550 g/mol. The largest absolute Gasteiger partial charge is 0.448 e. The number of carbonyl (C=O) groups is 2. The number of benzene rings is 3. The van der Waals surface area contributed by atoms with Crippen molar-refractivity contribution in [2.45, 2.75) is 30.0 Å². The highest BCUT2D eigenvalue weighted by Gasteiger charge is 2.23. The van der Waals surface area contributed by atoms with Gasteiger partial charge in [-0.2, -0.15) is 0 Å². The van der Waals surface area contributed by atoms with E-state index in [-0.39, 0.29) is 17.3 Å². The summed E-state index contributed by atoms with van der Waals surface area (Å²) >= 11 is 0. The van der Waals surface area contributed by atoms with Crippen molar-refractivity contribution in [3.05, 3.63) is 89.2 Å². The van der Waals surface area contributed by atoms with Crippen LogP contribution in [-0.4, -0.2) is 47.3 Å². The Morgan fingerprint density at radius 3 is 2.66 bits per heavy atom. The number of aromatic amines is 1. The molecule has 1 aliphatic rings. The number of hydrogen-bond acceptors (Lipinski definition) is 5. The molecule has 0 aliphatic carbocycles. The molecule has 196 valence electrons. The first kappa shape index (κ1) is 26.2. The van der Waals surface area contributed by atoms with E-state index in [9.17, 15) is 14.0 Å². The van der Waals surface area contributed by atoms with Crippen LogP contribution >= 0.6 is 21.6 Å². The number of amides is 2. The first-order chi connectivity index (χ1) is 18.4. The number of carbonyl (C=O) groups excluding carboxylic acids is 2. The molecule has 0 bridgehead atoms. The van der Waals surface area contributed by atoms with Gasteiger partial charge >= 0.3 is 6.09 Å². The Bertz CT molecular complexity index is 1460. The van der Waals surface area contributed by atoms with Crippen LogP contribution in [0.1, 0.15) is 28.4 Å². The third kappa shape index (κ3) is 5.84. The second-order valence-electron chi connectivity index (χ2n) is 9.29. The molecule has 3 aromatic carbocycles. The molecule has 1 aromatic heterocycles. The maximum Gasteiger partial charge on any atom is 0.409 e. The third-order valence-electron chi connectivity index (χ3n) is 6.34. The SMILES string of the molecule is CC(COC(=O)N(C)Cc1ccc(-c2[nH]c3cc(F)cc4c3c2CCNC4=O)cc1)SSc1ccccc1. The van der Waals surface area contributed by atoms with Crippen LogP contribution in [-0.2, 0) is 17.7 Å². The summed E-state index contributed by atoms with van der Waals surface area (Å²) in [6, 6.07) is 20.7. The average Bonchev–Trinajstić information content (AvgIpc) is 3.19. The minimum Gasteiger partial charge on any atom is -0.448 e. The summed E-state index contributed by atoms with van der Waals surface area (Å²) in [6.07, 6.45) is 0.283. The molecule has 0 spiro atoms. The quantitative estimate of drug-likeness (QED) is 0.241. The van der Waals surface area contributed by atoms with Crippen molar-refractivity contribution in [3.63, 3.8) is 0 Å². The summed E-state index contributed by atoms with van der Waals surface area (Å²) in [5.74, 6) is -0.705. The number of nitrogens with one attached hydrogen (secondary N) is 2. The second-order valence-corrected chi connectivity index (χ2v) is 12.0. The smallest absolute Gasteiger partial charge is 0.409 e. The number of hydrogen-bond donors (Lipinski definition) is 2. The summed E-state index contributed by atoms with van der Waals surface area (Å²) in [4.78, 5) is 31.0. The van der Waals surface area contributed by atoms with Crippen LogP contribution in [0, 0.1) is 5.82 Å². The zero-order valence-corrected chi connectivity index (χ0v) is 22.8. The molecule has 1 unspecified atom stereocenters. The van der Waals surface area contributed by atoms with Crippen molar-refractivity contribution in [2.75, 3.05) is 20.2 Å². The monoisotopic (exact) mass is 549 g/mol. The lowest BCUT2D eigenvalue weighted by Gasteiger charge is -2.19. The highest BCUT2D eigenvalue weighted by Crippen LogP contribution is 2.35. The lowest BCUT2D eigenvalue weighted by molar-refractivity contribution is 0.0956. The van der Waals surface area contributed by atoms with Crippen LogP contribution in [0.25, 0.3) is 22.2 Å². The van der Waals surface area contributed by atoms with Gasteiger partial charge in [0.05, 0.1) is 5.56 Å². The maximum absolute atomic E-state index is 14.2. The predicted molar refractivity (Wildman–Crippen MR) is 152 cm³/mol. The lowest BCUT2D eigenvalue weighted by atomic mass is 9.99. The number of ether oxygens (including phenoxy) is 1. The number of aromatic nitrogens is 1. The lowest BCUT2D eigenvalue weighted by Crippen LogP contribution is -2.28. The van der Waals surface area contributed by atoms with Gasteiger partial charge in [-0.15, -0.1) is 0 Å². The molecule has 6 nitrogen and oxygen atoms in total. The second kappa shape index (κ2) is 11.5. The van der Waals surface area contributed by atoms with Crippen LogP contribution in [0.15, 0.2) is 71.6 Å². The van der Waals surface area contributed by atoms with Gasteiger partial charge in [0.25, 0.3) is 5.91 Å². The van der Waals surface area contributed by atoms with Crippen molar-refractivity contribution in [2.24, 2.45) is 0 Å². The molecule has 38 heavy (non-hydrogen) atoms. The normalized spacial score (nSPS) is 13.6. The maximum atomic E-state index is 14.2. The van der Waals surface area contributed by atoms with Gasteiger partial charge < -0.3 is 19.9 Å². The van der Waals surface area contributed by atoms with E-state index < -0.39 is 5.82 Å². The molecule has 0 saturated carbocycles. The van der Waals surface area contributed by atoms with Gasteiger partial charge in [-0.1, -0.05) is 64.1 Å². The van der Waals surface area contributed by atoms with Gasteiger partial charge in [-0.05, 0) is 54.3 Å². The first-order valence-corrected chi connectivity index (χ1v) is 14.6. The van der Waals surface area contributed by atoms with E-state index in [0.29, 0.717) is 37.2 Å². The summed E-state index contributed by atoms with van der Waals surface area (Å²) in [6.45, 7) is 3.26. The van der Waals surface area contributed by atoms with Crippen molar-refractivity contribution in [1.82, 2.24) is 15.2 Å². The Labute approximate surface area is 228 Å². The molecule has 0 fully saturated rings. The topological polar surface area (TPSA) is 74.4 Å². The molecule has 2 N–H and O–H groups in total. The van der Waals surface area contributed by atoms with Crippen LogP contribution in [0.2, 0.25) is 0 Å². The summed E-state index contributed by atoms with van der Waals surface area (Å²) < 4.78 is 19.7. The molecule has 1 aliphatic heterocycles. The molecule has 9 heteroatoms. The Balaban J connectivity index is 1.21. The molecule has 0 saturated heterocycles. The molecule has 2 amide bonds. The van der Waals surface area contributed by atoms with Gasteiger partial charge in [0, 0.05) is 46.9 Å². The van der Waals surface area contributed by atoms with Crippen LogP contribution in [0.5, 0.6) is 0 Å². The minimum atomic E-state index is -0.447. The molecule has 2 heterocycles. The molecular formula is C29H28FN3O3S2. The fraction of sp³-hybridized carbons (Fsp3) is 0.241. The zero-order valence-electron chi connectivity index (χ0n) is 21.1. The van der Waals surface area contributed by atoms with E-state index in [1.54, 1.807) is 33.5 Å². The fourth-order valence-corrected chi connectivity index (χ4v) is 6.49. The van der Waals surface area contributed by atoms with Gasteiger partial charge in [0.2, 0.25) is 0 Å². The Morgan fingerprint density at radius 1 is 1.13 bits per heavy atom. The molecular weight excluding hydrogens is 521 g/mol. The van der Waals surface area contributed by atoms with Gasteiger partial charge in [-0.3, -0.25) is 4.79 Å². The van der Waals surface area contributed by atoms with Crippen LogP contribution < -0.4 is 5.32 Å². The van der Waals surface area contributed by atoms with Crippen LogP contribution in [0.4, 0.5) is 9.18 Å². The van der Waals surface area contributed by atoms with Gasteiger partial charge in [0.1, 0.15) is 12.4 Å².